The molecule has 3 rings (SSSR count). The molecule has 0 bridgehead atoms. The number of carbonyl (C=O) groups is 1. The average Bonchev–Trinajstić information content (AvgIpc) is 2.65. The van der Waals surface area contributed by atoms with Crippen molar-refractivity contribution in [2.45, 2.75) is 6.92 Å². The van der Waals surface area contributed by atoms with Crippen molar-refractivity contribution < 1.29 is 19.2 Å². The molecule has 0 fully saturated rings. The number of hydrogen-bond donors (Lipinski definition) is 1. The van der Waals surface area contributed by atoms with Crippen molar-refractivity contribution in [3.05, 3.63) is 63.2 Å². The van der Waals surface area contributed by atoms with Crippen molar-refractivity contribution in [3.63, 3.8) is 0 Å². The van der Waals surface area contributed by atoms with Gasteiger partial charge in [0.25, 0.3) is 11.6 Å². The number of nitro benzene ring substituents is 1. The largest absolute Gasteiger partial charge is 0.486 e. The van der Waals surface area contributed by atoms with E-state index in [0.717, 1.165) is 5.56 Å². The van der Waals surface area contributed by atoms with Gasteiger partial charge >= 0.3 is 0 Å². The number of fused-ring (bicyclic) bond motifs is 1. The number of carbonyl (C=O) groups excluding carboxylic acids is 1. The highest BCUT2D eigenvalue weighted by Crippen LogP contribution is 2.39. The Morgan fingerprint density at radius 1 is 1.26 bits per heavy atom. The molecule has 0 saturated heterocycles. The number of anilines is 1. The Morgan fingerprint density at radius 2 is 1.96 bits per heavy atom. The van der Waals surface area contributed by atoms with Crippen molar-refractivity contribution in [2.75, 3.05) is 18.5 Å². The molecule has 1 heterocycles. The van der Waals surface area contributed by atoms with Crippen LogP contribution < -0.4 is 14.8 Å². The van der Waals surface area contributed by atoms with Gasteiger partial charge in [-0.1, -0.05) is 29.8 Å². The van der Waals surface area contributed by atoms with Gasteiger partial charge in [0.2, 0.25) is 0 Å². The van der Waals surface area contributed by atoms with Gasteiger partial charge < -0.3 is 14.8 Å². The predicted molar refractivity (Wildman–Crippen MR) is 97.5 cm³/mol. The summed E-state index contributed by atoms with van der Waals surface area (Å²) in [6.45, 7) is 2.48. The molecule has 1 N–H and O–H groups in total. The van der Waals surface area contributed by atoms with E-state index < -0.39 is 10.8 Å². The van der Waals surface area contributed by atoms with Gasteiger partial charge in [-0.05, 0) is 18.6 Å². The third kappa shape index (κ3) is 4.04. The second kappa shape index (κ2) is 7.58. The van der Waals surface area contributed by atoms with E-state index in [1.165, 1.54) is 18.2 Å². The van der Waals surface area contributed by atoms with Crippen molar-refractivity contribution in [3.8, 4) is 17.6 Å². The van der Waals surface area contributed by atoms with Crippen LogP contribution in [0.4, 0.5) is 11.4 Å². The van der Waals surface area contributed by atoms with Crippen LogP contribution in [0.1, 0.15) is 11.1 Å². The van der Waals surface area contributed by atoms with E-state index in [4.69, 9.17) is 9.47 Å². The van der Waals surface area contributed by atoms with E-state index in [0.29, 0.717) is 17.9 Å². The molecule has 0 saturated carbocycles. The highest BCUT2D eigenvalue weighted by atomic mass is 16.6. The summed E-state index contributed by atoms with van der Waals surface area (Å²) >= 11 is 0. The maximum absolute atomic E-state index is 12.5. The SMILES string of the molecule is Cc1cccc(C=C(C#N)C(=O)Nc2cc3c(cc2[N+](=O)[O-])OCCO3)c1. The van der Waals surface area contributed by atoms with Crippen LogP contribution in [0.5, 0.6) is 11.5 Å². The van der Waals surface area contributed by atoms with E-state index in [1.807, 2.05) is 25.1 Å². The van der Waals surface area contributed by atoms with Gasteiger partial charge in [-0.3, -0.25) is 14.9 Å². The Labute approximate surface area is 154 Å². The number of aryl methyl sites for hydroxylation is 1. The Balaban J connectivity index is 1.92. The lowest BCUT2D eigenvalue weighted by Crippen LogP contribution is -2.18. The number of nitrogens with zero attached hydrogens (tertiary/aromatic N) is 2. The molecule has 2 aromatic carbocycles. The van der Waals surface area contributed by atoms with Crippen molar-refractivity contribution in [1.82, 2.24) is 0 Å². The molecule has 0 radical (unpaired) electrons. The third-order valence-electron chi connectivity index (χ3n) is 3.82. The van der Waals surface area contributed by atoms with E-state index in [1.54, 1.807) is 12.1 Å². The highest BCUT2D eigenvalue weighted by Gasteiger charge is 2.24. The van der Waals surface area contributed by atoms with Gasteiger partial charge in [-0.2, -0.15) is 5.26 Å². The summed E-state index contributed by atoms with van der Waals surface area (Å²) in [5.41, 5.74) is 1.06. The first-order valence-corrected chi connectivity index (χ1v) is 8.06. The highest BCUT2D eigenvalue weighted by molar-refractivity contribution is 6.10. The molecule has 1 aliphatic rings. The molecule has 0 unspecified atom stereocenters. The summed E-state index contributed by atoms with van der Waals surface area (Å²) in [6, 6.07) is 11.6. The number of benzene rings is 2. The molecule has 27 heavy (non-hydrogen) atoms. The van der Waals surface area contributed by atoms with Crippen LogP contribution in [0.25, 0.3) is 6.08 Å². The molecule has 0 spiro atoms. The smallest absolute Gasteiger partial charge is 0.296 e. The second-order valence-corrected chi connectivity index (χ2v) is 5.81. The molecular formula is C19H15N3O5. The zero-order valence-corrected chi connectivity index (χ0v) is 14.4. The third-order valence-corrected chi connectivity index (χ3v) is 3.82. The zero-order valence-electron chi connectivity index (χ0n) is 14.4. The van der Waals surface area contributed by atoms with Crippen molar-refractivity contribution >= 4 is 23.4 Å². The van der Waals surface area contributed by atoms with Crippen LogP contribution >= 0.6 is 0 Å². The van der Waals surface area contributed by atoms with Gasteiger partial charge in [0.1, 0.15) is 30.5 Å². The number of hydrogen-bond acceptors (Lipinski definition) is 6. The maximum Gasteiger partial charge on any atom is 0.296 e. The lowest BCUT2D eigenvalue weighted by atomic mass is 10.1. The minimum Gasteiger partial charge on any atom is -0.486 e. The average molecular weight is 365 g/mol. The van der Waals surface area contributed by atoms with E-state index >= 15 is 0 Å². The van der Waals surface area contributed by atoms with Crippen molar-refractivity contribution in [2.24, 2.45) is 0 Å². The molecule has 1 amide bonds. The molecule has 0 atom stereocenters. The topological polar surface area (TPSA) is 114 Å². The molecule has 8 heteroatoms. The summed E-state index contributed by atoms with van der Waals surface area (Å²) in [5, 5.41) is 23.1. The number of nitrogens with one attached hydrogen (secondary N) is 1. The molecule has 136 valence electrons. The Hall–Kier alpha value is -3.86. The van der Waals surface area contributed by atoms with E-state index in [9.17, 15) is 20.2 Å². The van der Waals surface area contributed by atoms with Crippen LogP contribution in [0.15, 0.2) is 42.0 Å². The lowest BCUT2D eigenvalue weighted by molar-refractivity contribution is -0.384. The summed E-state index contributed by atoms with van der Waals surface area (Å²) in [4.78, 5) is 23.2. The van der Waals surface area contributed by atoms with Gasteiger partial charge in [0, 0.05) is 6.07 Å². The number of rotatable bonds is 4. The number of amides is 1. The summed E-state index contributed by atoms with van der Waals surface area (Å²) in [6.07, 6.45) is 1.42. The maximum atomic E-state index is 12.5. The van der Waals surface area contributed by atoms with Crippen molar-refractivity contribution in [1.29, 1.82) is 5.26 Å². The first-order valence-electron chi connectivity index (χ1n) is 8.06. The summed E-state index contributed by atoms with van der Waals surface area (Å²) in [5.74, 6) is -0.219. The Morgan fingerprint density at radius 3 is 2.59 bits per heavy atom. The predicted octanol–water partition coefficient (Wildman–Crippen LogP) is 3.22. The Bertz CT molecular complexity index is 991. The van der Waals surface area contributed by atoms with Gasteiger partial charge in [-0.25, -0.2) is 0 Å². The van der Waals surface area contributed by atoms with Crippen LogP contribution in [-0.4, -0.2) is 24.0 Å². The molecule has 0 aliphatic carbocycles. The van der Waals surface area contributed by atoms with Crippen LogP contribution in [0.3, 0.4) is 0 Å². The quantitative estimate of drug-likeness (QED) is 0.385. The standard InChI is InChI=1S/C19H15N3O5/c1-12-3-2-4-13(7-12)8-14(11-20)19(23)21-15-9-17-18(27-6-5-26-17)10-16(15)22(24)25/h2-4,7-10H,5-6H2,1H3,(H,21,23). The summed E-state index contributed by atoms with van der Waals surface area (Å²) < 4.78 is 10.7. The number of ether oxygens (including phenoxy) is 2. The zero-order chi connectivity index (χ0) is 19.4. The minimum absolute atomic E-state index is 0.0698. The normalized spacial score (nSPS) is 12.8. The lowest BCUT2D eigenvalue weighted by Gasteiger charge is -2.19. The van der Waals surface area contributed by atoms with Gasteiger partial charge in [-0.15, -0.1) is 0 Å². The fraction of sp³-hybridized carbons (Fsp3) is 0.158. The van der Waals surface area contributed by atoms with Gasteiger partial charge in [0.15, 0.2) is 11.5 Å². The molecule has 1 aliphatic heterocycles. The van der Waals surface area contributed by atoms with E-state index in [-0.39, 0.29) is 29.3 Å². The fourth-order valence-corrected chi connectivity index (χ4v) is 2.59. The first kappa shape index (κ1) is 17.9. The number of nitro groups is 1. The Kier molecular flexibility index (Phi) is 5.04. The molecule has 0 aromatic heterocycles. The van der Waals surface area contributed by atoms with Gasteiger partial charge in [0.05, 0.1) is 11.0 Å². The first-order chi connectivity index (χ1) is 13.0. The van der Waals surface area contributed by atoms with Crippen LogP contribution in [0, 0.1) is 28.4 Å². The second-order valence-electron chi connectivity index (χ2n) is 5.81. The number of nitriles is 1. The molecule has 8 nitrogen and oxygen atoms in total. The monoisotopic (exact) mass is 365 g/mol. The van der Waals surface area contributed by atoms with Crippen LogP contribution in [0.2, 0.25) is 0 Å². The molecule has 2 aromatic rings. The minimum atomic E-state index is -0.751. The fourth-order valence-electron chi connectivity index (χ4n) is 2.59. The summed E-state index contributed by atoms with van der Waals surface area (Å²) in [7, 11) is 0. The van der Waals surface area contributed by atoms with Crippen LogP contribution in [-0.2, 0) is 4.79 Å². The molecular weight excluding hydrogens is 350 g/mol. The van der Waals surface area contributed by atoms with E-state index in [2.05, 4.69) is 5.32 Å².